The number of para-hydroxylation sites is 1. The fourth-order valence-corrected chi connectivity index (χ4v) is 6.19. The zero-order valence-electron chi connectivity index (χ0n) is 21.3. The van der Waals surface area contributed by atoms with E-state index in [1.807, 2.05) is 59.2 Å². The van der Waals surface area contributed by atoms with Crippen molar-refractivity contribution in [3.63, 3.8) is 0 Å². The van der Waals surface area contributed by atoms with Crippen LogP contribution in [0.15, 0.2) is 66.0 Å². The van der Waals surface area contributed by atoms with Gasteiger partial charge in [-0.2, -0.15) is 0 Å². The highest BCUT2D eigenvalue weighted by molar-refractivity contribution is 7.10. The van der Waals surface area contributed by atoms with Crippen LogP contribution in [-0.2, 0) is 16.0 Å². The lowest BCUT2D eigenvalue weighted by Gasteiger charge is -2.41. The molecule has 2 aliphatic heterocycles. The number of piperazine rings is 1. The minimum absolute atomic E-state index is 0.00257. The van der Waals surface area contributed by atoms with Crippen LogP contribution in [0, 0.1) is 0 Å². The number of thiophene rings is 1. The molecule has 2 amide bonds. The van der Waals surface area contributed by atoms with E-state index in [-0.39, 0.29) is 30.5 Å². The summed E-state index contributed by atoms with van der Waals surface area (Å²) in [5, 5.41) is 2.14. The van der Waals surface area contributed by atoms with E-state index in [9.17, 15) is 9.59 Å². The minimum Gasteiger partial charge on any atom is -0.497 e. The number of rotatable bonds is 7. The van der Waals surface area contributed by atoms with Gasteiger partial charge in [0.2, 0.25) is 5.91 Å². The van der Waals surface area contributed by atoms with Crippen LogP contribution in [-0.4, -0.2) is 79.0 Å². The number of nitrogens with zero attached hydrogens (tertiary/aromatic N) is 3. The fourth-order valence-electron chi connectivity index (χ4n) is 5.29. The Morgan fingerprint density at radius 2 is 1.73 bits per heavy atom. The van der Waals surface area contributed by atoms with Crippen molar-refractivity contribution in [2.24, 2.45) is 0 Å². The number of fused-ring (bicyclic) bond motifs is 1. The molecule has 3 heterocycles. The van der Waals surface area contributed by atoms with Crippen molar-refractivity contribution < 1.29 is 19.1 Å². The van der Waals surface area contributed by atoms with Crippen molar-refractivity contribution >= 4 is 23.2 Å². The number of hydrogen-bond donors (Lipinski definition) is 0. The Morgan fingerprint density at radius 3 is 2.46 bits per heavy atom. The summed E-state index contributed by atoms with van der Waals surface area (Å²) in [6.07, 6.45) is 0.951. The zero-order valence-corrected chi connectivity index (χ0v) is 22.2. The Kier molecular flexibility index (Phi) is 7.76. The van der Waals surface area contributed by atoms with E-state index in [1.54, 1.807) is 18.4 Å². The Bertz CT molecular complexity index is 1210. The average molecular weight is 520 g/mol. The molecule has 0 N–H and O–H groups in total. The Labute approximate surface area is 222 Å². The molecule has 1 saturated heterocycles. The Morgan fingerprint density at radius 1 is 0.946 bits per heavy atom. The van der Waals surface area contributed by atoms with E-state index in [4.69, 9.17) is 9.47 Å². The predicted molar refractivity (Wildman–Crippen MR) is 144 cm³/mol. The summed E-state index contributed by atoms with van der Waals surface area (Å²) < 4.78 is 11.0. The van der Waals surface area contributed by atoms with Crippen LogP contribution >= 0.6 is 11.3 Å². The van der Waals surface area contributed by atoms with E-state index in [1.165, 1.54) is 10.4 Å². The number of benzene rings is 2. The molecule has 5 rings (SSSR count). The molecule has 8 heteroatoms. The first kappa shape index (κ1) is 25.3. The van der Waals surface area contributed by atoms with Crippen LogP contribution in [0.5, 0.6) is 11.5 Å². The van der Waals surface area contributed by atoms with Gasteiger partial charge in [-0.1, -0.05) is 30.3 Å². The molecule has 0 bridgehead atoms. The first-order valence-electron chi connectivity index (χ1n) is 12.7. The van der Waals surface area contributed by atoms with Crippen molar-refractivity contribution in [3.05, 3.63) is 82.0 Å². The van der Waals surface area contributed by atoms with Crippen molar-refractivity contribution in [2.45, 2.75) is 25.4 Å². The number of hydrogen-bond acceptors (Lipinski definition) is 6. The smallest absolute Gasteiger partial charge is 0.260 e. The minimum atomic E-state index is -0.0632. The Hall–Kier alpha value is -3.36. The summed E-state index contributed by atoms with van der Waals surface area (Å²) in [6, 6.07) is 19.7. The standard InChI is InChI=1S/C29H33N3O4S/c1-21-18-30(15-16-32(21)28(34)20-36-24-6-4-3-5-7-24)27(33)19-31-14-12-26-25(13-17-37-26)29(31)22-8-10-23(35-2)11-9-22/h3-11,13,17,21,29H,12,14-16,18-20H2,1-2H3/t21-,29+/m0/s1. The number of ether oxygens (including phenoxy) is 2. The predicted octanol–water partition coefficient (Wildman–Crippen LogP) is 3.84. The molecular formula is C29H33N3O4S. The number of methoxy groups -OCH3 is 1. The maximum atomic E-state index is 13.5. The highest BCUT2D eigenvalue weighted by Gasteiger charge is 2.34. The lowest BCUT2D eigenvalue weighted by atomic mass is 9.93. The van der Waals surface area contributed by atoms with Gasteiger partial charge < -0.3 is 19.3 Å². The molecule has 2 aromatic carbocycles. The highest BCUT2D eigenvalue weighted by atomic mass is 32.1. The second kappa shape index (κ2) is 11.4. The average Bonchev–Trinajstić information content (AvgIpc) is 3.41. The second-order valence-corrected chi connectivity index (χ2v) is 10.6. The fraction of sp³-hybridized carbons (Fsp3) is 0.379. The van der Waals surface area contributed by atoms with Gasteiger partial charge in [0.25, 0.3) is 5.91 Å². The van der Waals surface area contributed by atoms with Gasteiger partial charge in [0.15, 0.2) is 6.61 Å². The molecule has 1 fully saturated rings. The van der Waals surface area contributed by atoms with E-state index >= 15 is 0 Å². The second-order valence-electron chi connectivity index (χ2n) is 9.57. The molecular weight excluding hydrogens is 486 g/mol. The molecule has 0 aliphatic carbocycles. The number of amides is 2. The van der Waals surface area contributed by atoms with Crippen molar-refractivity contribution in [1.29, 1.82) is 0 Å². The molecule has 7 nitrogen and oxygen atoms in total. The maximum absolute atomic E-state index is 13.5. The number of carbonyl (C=O) groups is 2. The van der Waals surface area contributed by atoms with Crippen LogP contribution in [0.1, 0.15) is 29.0 Å². The molecule has 1 aromatic heterocycles. The summed E-state index contributed by atoms with van der Waals surface area (Å²) in [6.45, 7) is 4.76. The molecule has 3 aromatic rings. The molecule has 0 saturated carbocycles. The summed E-state index contributed by atoms with van der Waals surface area (Å²) in [5.41, 5.74) is 2.45. The molecule has 0 spiro atoms. The first-order valence-corrected chi connectivity index (χ1v) is 13.6. The SMILES string of the molecule is COc1ccc([C@@H]2c3ccsc3CCN2CC(=O)N2CCN(C(=O)COc3ccccc3)[C@@H](C)C2)cc1. The van der Waals surface area contributed by atoms with E-state index in [2.05, 4.69) is 28.5 Å². The van der Waals surface area contributed by atoms with Crippen LogP contribution in [0.2, 0.25) is 0 Å². The Balaban J connectivity index is 1.21. The maximum Gasteiger partial charge on any atom is 0.260 e. The first-order chi connectivity index (χ1) is 18.0. The molecule has 37 heavy (non-hydrogen) atoms. The highest BCUT2D eigenvalue weighted by Crippen LogP contribution is 2.38. The van der Waals surface area contributed by atoms with Crippen LogP contribution < -0.4 is 9.47 Å². The van der Waals surface area contributed by atoms with Gasteiger partial charge in [-0.25, -0.2) is 0 Å². The van der Waals surface area contributed by atoms with Crippen molar-refractivity contribution in [2.75, 3.05) is 46.4 Å². The lowest BCUT2D eigenvalue weighted by Crippen LogP contribution is -2.57. The van der Waals surface area contributed by atoms with Gasteiger partial charge >= 0.3 is 0 Å². The quantitative estimate of drug-likeness (QED) is 0.475. The third-order valence-corrected chi connectivity index (χ3v) is 8.24. The van der Waals surface area contributed by atoms with E-state index in [0.29, 0.717) is 31.9 Å². The van der Waals surface area contributed by atoms with Gasteiger partial charge in [-0.05, 0) is 60.2 Å². The van der Waals surface area contributed by atoms with E-state index < -0.39 is 0 Å². The lowest BCUT2D eigenvalue weighted by molar-refractivity contribution is -0.144. The molecule has 194 valence electrons. The topological polar surface area (TPSA) is 62.3 Å². The van der Waals surface area contributed by atoms with E-state index in [0.717, 1.165) is 24.3 Å². The third kappa shape index (κ3) is 5.65. The van der Waals surface area contributed by atoms with Crippen LogP contribution in [0.4, 0.5) is 0 Å². The van der Waals surface area contributed by atoms with Crippen molar-refractivity contribution in [3.8, 4) is 11.5 Å². The summed E-state index contributed by atoms with van der Waals surface area (Å²) in [7, 11) is 1.67. The van der Waals surface area contributed by atoms with Gasteiger partial charge in [0.05, 0.1) is 19.7 Å². The zero-order chi connectivity index (χ0) is 25.8. The van der Waals surface area contributed by atoms with Gasteiger partial charge in [-0.3, -0.25) is 14.5 Å². The summed E-state index contributed by atoms with van der Waals surface area (Å²) >= 11 is 1.79. The number of carbonyl (C=O) groups excluding carboxylic acids is 2. The van der Waals surface area contributed by atoms with Gasteiger partial charge in [-0.15, -0.1) is 11.3 Å². The van der Waals surface area contributed by atoms with Crippen LogP contribution in [0.25, 0.3) is 0 Å². The van der Waals surface area contributed by atoms with Crippen LogP contribution in [0.3, 0.4) is 0 Å². The summed E-state index contributed by atoms with van der Waals surface area (Å²) in [5.74, 6) is 1.56. The van der Waals surface area contributed by atoms with Gasteiger partial charge in [0, 0.05) is 37.1 Å². The normalized spacial score (nSPS) is 19.8. The molecule has 2 aliphatic rings. The van der Waals surface area contributed by atoms with Crippen molar-refractivity contribution in [1.82, 2.24) is 14.7 Å². The molecule has 2 atom stereocenters. The third-order valence-electron chi connectivity index (χ3n) is 7.24. The summed E-state index contributed by atoms with van der Waals surface area (Å²) in [4.78, 5) is 33.7. The van der Waals surface area contributed by atoms with Gasteiger partial charge in [0.1, 0.15) is 11.5 Å². The molecule has 0 unspecified atom stereocenters. The molecule has 0 radical (unpaired) electrons. The largest absolute Gasteiger partial charge is 0.497 e. The monoisotopic (exact) mass is 519 g/mol.